The second kappa shape index (κ2) is 5.36. The molecular formula is C11H19N3O3S. The van der Waals surface area contributed by atoms with Gasteiger partial charge in [-0.3, -0.25) is 0 Å². The summed E-state index contributed by atoms with van der Waals surface area (Å²) >= 11 is 0. The summed E-state index contributed by atoms with van der Waals surface area (Å²) in [5.74, 6) is 1.25. The van der Waals surface area contributed by atoms with E-state index in [4.69, 9.17) is 10.3 Å². The molecular weight excluding hydrogens is 254 g/mol. The molecule has 0 bridgehead atoms. The molecule has 102 valence electrons. The van der Waals surface area contributed by atoms with Crippen molar-refractivity contribution in [1.29, 1.82) is 0 Å². The van der Waals surface area contributed by atoms with Crippen LogP contribution in [-0.4, -0.2) is 36.1 Å². The van der Waals surface area contributed by atoms with Crippen molar-refractivity contribution in [2.24, 2.45) is 5.73 Å². The van der Waals surface area contributed by atoms with E-state index in [-0.39, 0.29) is 23.5 Å². The van der Waals surface area contributed by atoms with E-state index in [0.29, 0.717) is 24.6 Å². The van der Waals surface area contributed by atoms with Crippen molar-refractivity contribution in [1.82, 2.24) is 10.1 Å². The maximum Gasteiger partial charge on any atom is 0.228 e. The quantitative estimate of drug-likeness (QED) is 0.845. The summed E-state index contributed by atoms with van der Waals surface area (Å²) in [4.78, 5) is 4.26. The Hall–Kier alpha value is -0.950. The lowest BCUT2D eigenvalue weighted by molar-refractivity contribution is 0.359. The molecule has 0 saturated carbocycles. The number of hydrogen-bond acceptors (Lipinski definition) is 6. The summed E-state index contributed by atoms with van der Waals surface area (Å²) in [6.07, 6.45) is 3.07. The van der Waals surface area contributed by atoms with Gasteiger partial charge in [-0.05, 0) is 12.8 Å². The molecule has 6 nitrogen and oxygen atoms in total. The maximum absolute atomic E-state index is 11.4. The number of rotatable bonds is 5. The molecule has 0 aliphatic carbocycles. The van der Waals surface area contributed by atoms with Crippen molar-refractivity contribution < 1.29 is 12.9 Å². The lowest BCUT2D eigenvalue weighted by atomic mass is 10.1. The Labute approximate surface area is 107 Å². The van der Waals surface area contributed by atoms with E-state index < -0.39 is 9.84 Å². The molecule has 1 aliphatic heterocycles. The molecule has 0 spiro atoms. The molecule has 1 aliphatic rings. The molecule has 2 N–H and O–H groups in total. The van der Waals surface area contributed by atoms with Gasteiger partial charge in [0.15, 0.2) is 15.7 Å². The van der Waals surface area contributed by atoms with Crippen LogP contribution < -0.4 is 5.73 Å². The van der Waals surface area contributed by atoms with E-state index in [1.807, 2.05) is 0 Å². The van der Waals surface area contributed by atoms with Crippen molar-refractivity contribution in [2.45, 2.75) is 44.6 Å². The third-order valence-corrected chi connectivity index (χ3v) is 4.95. The fourth-order valence-corrected chi connectivity index (χ4v) is 3.95. The van der Waals surface area contributed by atoms with E-state index in [1.165, 1.54) is 0 Å². The normalized spacial score (nSPS) is 24.2. The van der Waals surface area contributed by atoms with Gasteiger partial charge in [-0.1, -0.05) is 18.5 Å². The number of hydrogen-bond donors (Lipinski definition) is 1. The van der Waals surface area contributed by atoms with E-state index in [1.54, 1.807) is 0 Å². The molecule has 1 aromatic heterocycles. The van der Waals surface area contributed by atoms with Crippen LogP contribution in [-0.2, 0) is 16.3 Å². The van der Waals surface area contributed by atoms with Gasteiger partial charge in [0, 0.05) is 18.4 Å². The van der Waals surface area contributed by atoms with Crippen molar-refractivity contribution in [3.8, 4) is 0 Å². The summed E-state index contributed by atoms with van der Waals surface area (Å²) in [7, 11) is -2.91. The van der Waals surface area contributed by atoms with Crippen LogP contribution in [0.2, 0.25) is 0 Å². The molecule has 18 heavy (non-hydrogen) atoms. The third-order valence-electron chi connectivity index (χ3n) is 3.18. The minimum absolute atomic E-state index is 0.0237. The van der Waals surface area contributed by atoms with Crippen LogP contribution in [0.4, 0.5) is 0 Å². The topological polar surface area (TPSA) is 99.1 Å². The van der Waals surface area contributed by atoms with Crippen LogP contribution in [0.3, 0.4) is 0 Å². The molecule has 0 aromatic carbocycles. The predicted octanol–water partition coefficient (Wildman–Crippen LogP) is 0.642. The molecule has 2 unspecified atom stereocenters. The zero-order chi connectivity index (χ0) is 13.2. The summed E-state index contributed by atoms with van der Waals surface area (Å²) < 4.78 is 27.9. The molecule has 1 aromatic rings. The molecule has 2 atom stereocenters. The second-order valence-corrected chi connectivity index (χ2v) is 7.13. The Balaban J connectivity index is 1.98. The molecule has 1 saturated heterocycles. The smallest absolute Gasteiger partial charge is 0.228 e. The first kappa shape index (κ1) is 13.5. The zero-order valence-electron chi connectivity index (χ0n) is 10.5. The van der Waals surface area contributed by atoms with Gasteiger partial charge in [0.25, 0.3) is 0 Å². The van der Waals surface area contributed by atoms with Crippen LogP contribution in [0.5, 0.6) is 0 Å². The van der Waals surface area contributed by atoms with Crippen LogP contribution in [0.1, 0.15) is 43.8 Å². The predicted molar refractivity (Wildman–Crippen MR) is 66.9 cm³/mol. The van der Waals surface area contributed by atoms with Crippen molar-refractivity contribution in [2.75, 3.05) is 11.5 Å². The highest BCUT2D eigenvalue weighted by Gasteiger charge is 2.32. The summed E-state index contributed by atoms with van der Waals surface area (Å²) in [6, 6.07) is 0.0237. The van der Waals surface area contributed by atoms with Gasteiger partial charge in [0.05, 0.1) is 11.5 Å². The van der Waals surface area contributed by atoms with Gasteiger partial charge >= 0.3 is 0 Å². The standard InChI is InChI=1S/C11H19N3O3S/c1-2-3-9(12)6-10-13-11(14-17-10)8-4-5-18(15,16)7-8/h8-9H,2-7,12H2,1H3. The molecule has 7 heteroatoms. The molecule has 0 amide bonds. The van der Waals surface area contributed by atoms with Crippen LogP contribution in [0.25, 0.3) is 0 Å². The third kappa shape index (κ3) is 3.29. The fraction of sp³-hybridized carbons (Fsp3) is 0.818. The SMILES string of the molecule is CCCC(N)Cc1nc(C2CCS(=O)(=O)C2)no1. The van der Waals surface area contributed by atoms with Crippen LogP contribution in [0.15, 0.2) is 4.52 Å². The summed E-state index contributed by atoms with van der Waals surface area (Å²) in [6.45, 7) is 2.07. The van der Waals surface area contributed by atoms with E-state index >= 15 is 0 Å². The molecule has 2 heterocycles. The summed E-state index contributed by atoms with van der Waals surface area (Å²) in [5.41, 5.74) is 5.90. The van der Waals surface area contributed by atoms with Crippen molar-refractivity contribution >= 4 is 9.84 Å². The highest BCUT2D eigenvalue weighted by atomic mass is 32.2. The van der Waals surface area contributed by atoms with E-state index in [2.05, 4.69) is 17.1 Å². The highest BCUT2D eigenvalue weighted by molar-refractivity contribution is 7.91. The average molecular weight is 273 g/mol. The van der Waals surface area contributed by atoms with Gasteiger partial charge in [-0.25, -0.2) is 8.42 Å². The number of aromatic nitrogens is 2. The number of nitrogens with zero attached hydrogens (tertiary/aromatic N) is 2. The maximum atomic E-state index is 11.4. The first-order chi connectivity index (χ1) is 8.50. The Morgan fingerprint density at radius 3 is 2.94 bits per heavy atom. The Morgan fingerprint density at radius 2 is 2.33 bits per heavy atom. The van der Waals surface area contributed by atoms with Crippen molar-refractivity contribution in [3.63, 3.8) is 0 Å². The Kier molecular flexibility index (Phi) is 4.01. The Bertz CT molecular complexity index is 497. The molecule has 1 fully saturated rings. The van der Waals surface area contributed by atoms with Gasteiger partial charge in [0.2, 0.25) is 5.89 Å². The van der Waals surface area contributed by atoms with Gasteiger partial charge < -0.3 is 10.3 Å². The number of nitrogens with two attached hydrogens (primary N) is 1. The minimum Gasteiger partial charge on any atom is -0.339 e. The summed E-state index contributed by atoms with van der Waals surface area (Å²) in [5, 5.41) is 3.87. The van der Waals surface area contributed by atoms with Crippen molar-refractivity contribution in [3.05, 3.63) is 11.7 Å². The first-order valence-electron chi connectivity index (χ1n) is 6.28. The zero-order valence-corrected chi connectivity index (χ0v) is 11.3. The van der Waals surface area contributed by atoms with E-state index in [9.17, 15) is 8.42 Å². The minimum atomic E-state index is -2.91. The highest BCUT2D eigenvalue weighted by Crippen LogP contribution is 2.26. The average Bonchev–Trinajstić information content (AvgIpc) is 2.85. The lowest BCUT2D eigenvalue weighted by Crippen LogP contribution is -2.22. The van der Waals surface area contributed by atoms with Crippen LogP contribution >= 0.6 is 0 Å². The Morgan fingerprint density at radius 1 is 1.56 bits per heavy atom. The largest absolute Gasteiger partial charge is 0.339 e. The number of sulfone groups is 1. The first-order valence-corrected chi connectivity index (χ1v) is 8.11. The van der Waals surface area contributed by atoms with Gasteiger partial charge in [0.1, 0.15) is 0 Å². The second-order valence-electron chi connectivity index (χ2n) is 4.90. The van der Waals surface area contributed by atoms with E-state index in [0.717, 1.165) is 12.8 Å². The molecule has 0 radical (unpaired) electrons. The van der Waals surface area contributed by atoms with Gasteiger partial charge in [-0.15, -0.1) is 0 Å². The lowest BCUT2D eigenvalue weighted by Gasteiger charge is -2.05. The fourth-order valence-electron chi connectivity index (χ4n) is 2.21. The molecule has 2 rings (SSSR count). The monoisotopic (exact) mass is 273 g/mol. The van der Waals surface area contributed by atoms with Crippen LogP contribution in [0, 0.1) is 0 Å². The van der Waals surface area contributed by atoms with Gasteiger partial charge in [-0.2, -0.15) is 4.98 Å².